The van der Waals surface area contributed by atoms with E-state index in [2.05, 4.69) is 5.10 Å². The van der Waals surface area contributed by atoms with Crippen molar-refractivity contribution in [2.75, 3.05) is 13.1 Å². The van der Waals surface area contributed by atoms with Crippen molar-refractivity contribution in [3.63, 3.8) is 0 Å². The normalized spacial score (nSPS) is 17.3. The number of aromatic nitrogens is 2. The third-order valence-electron chi connectivity index (χ3n) is 5.00. The summed E-state index contributed by atoms with van der Waals surface area (Å²) in [5.41, 5.74) is 3.40. The van der Waals surface area contributed by atoms with E-state index < -0.39 is 66.6 Å². The second-order valence-electron chi connectivity index (χ2n) is 7.56. The molecule has 1 aliphatic heterocycles. The van der Waals surface area contributed by atoms with Gasteiger partial charge in [-0.15, -0.1) is 0 Å². The van der Waals surface area contributed by atoms with Crippen LogP contribution in [0.5, 0.6) is 0 Å². The highest BCUT2D eigenvalue weighted by molar-refractivity contribution is 5.97. The predicted molar refractivity (Wildman–Crippen MR) is 104 cm³/mol. The number of nitrogens with one attached hydrogen (secondary N) is 1. The Labute approximate surface area is 188 Å². The molecule has 2 aromatic rings. The molecule has 1 aromatic carbocycles. The molecule has 3 N–H and O–H groups in total. The standard InChI is InChI=1S/C20H17F5N6O3/c21-19(22)5-13(6-26)31(10-19)15(32)7-28-18(34)14-9-30(29-16(14)20(23,24)25)8-11-1-3-12(4-2-11)17(27)33/h1-4,9,13H,5,7-8,10H2,(H2,27,33)(H,28,34)/t13-/m0/s1. The summed E-state index contributed by atoms with van der Waals surface area (Å²) in [7, 11) is 0. The largest absolute Gasteiger partial charge is 0.435 e. The quantitative estimate of drug-likeness (QED) is 0.600. The Morgan fingerprint density at radius 1 is 1.24 bits per heavy atom. The summed E-state index contributed by atoms with van der Waals surface area (Å²) < 4.78 is 68.1. The molecule has 34 heavy (non-hydrogen) atoms. The van der Waals surface area contributed by atoms with Crippen LogP contribution in [0.2, 0.25) is 0 Å². The van der Waals surface area contributed by atoms with Gasteiger partial charge in [-0.05, 0) is 17.7 Å². The Hall–Kier alpha value is -4.02. The minimum Gasteiger partial charge on any atom is -0.366 e. The van der Waals surface area contributed by atoms with Crippen LogP contribution in [0.15, 0.2) is 30.5 Å². The van der Waals surface area contributed by atoms with Crippen LogP contribution in [0, 0.1) is 11.3 Å². The van der Waals surface area contributed by atoms with Gasteiger partial charge in [-0.25, -0.2) is 8.78 Å². The molecular formula is C20H17F5N6O3. The molecule has 0 aliphatic carbocycles. The molecule has 9 nitrogen and oxygen atoms in total. The van der Waals surface area contributed by atoms with Gasteiger partial charge in [0.1, 0.15) is 6.04 Å². The number of nitrogens with two attached hydrogens (primary N) is 1. The summed E-state index contributed by atoms with van der Waals surface area (Å²) in [6.07, 6.45) is -5.04. The van der Waals surface area contributed by atoms with Gasteiger partial charge in [0.2, 0.25) is 11.8 Å². The molecule has 0 spiro atoms. The van der Waals surface area contributed by atoms with Crippen LogP contribution in [-0.2, 0) is 17.5 Å². The maximum atomic E-state index is 13.5. The minimum atomic E-state index is -5.00. The van der Waals surface area contributed by atoms with E-state index in [1.807, 2.05) is 5.32 Å². The SMILES string of the molecule is N#C[C@@H]1CC(F)(F)CN1C(=O)CNC(=O)c1cn(Cc2ccc(C(N)=O)cc2)nc1C(F)(F)F. The third kappa shape index (κ3) is 5.48. The van der Waals surface area contributed by atoms with Crippen LogP contribution >= 0.6 is 0 Å². The van der Waals surface area contributed by atoms with E-state index in [4.69, 9.17) is 11.0 Å². The number of nitrogens with zero attached hydrogens (tertiary/aromatic N) is 4. The molecule has 1 saturated heterocycles. The summed E-state index contributed by atoms with van der Waals surface area (Å²) in [5.74, 6) is -6.29. The number of amides is 3. The zero-order valence-electron chi connectivity index (χ0n) is 17.3. The van der Waals surface area contributed by atoms with Crippen LogP contribution < -0.4 is 11.1 Å². The van der Waals surface area contributed by atoms with Gasteiger partial charge in [0.05, 0.1) is 31.3 Å². The van der Waals surface area contributed by atoms with Crippen molar-refractivity contribution in [1.82, 2.24) is 20.0 Å². The average molecular weight is 484 g/mol. The van der Waals surface area contributed by atoms with Crippen LogP contribution in [0.4, 0.5) is 22.0 Å². The molecule has 0 radical (unpaired) electrons. The van der Waals surface area contributed by atoms with Crippen LogP contribution in [0.3, 0.4) is 0 Å². The van der Waals surface area contributed by atoms with E-state index in [-0.39, 0.29) is 12.1 Å². The Morgan fingerprint density at radius 2 is 1.88 bits per heavy atom. The number of primary amides is 1. The summed E-state index contributed by atoms with van der Waals surface area (Å²) in [6.45, 7) is -2.09. The first-order valence-electron chi connectivity index (χ1n) is 9.69. The fourth-order valence-corrected chi connectivity index (χ4v) is 3.39. The Kier molecular flexibility index (Phi) is 6.58. The molecule has 0 unspecified atom stereocenters. The zero-order valence-corrected chi connectivity index (χ0v) is 17.3. The molecule has 2 heterocycles. The van der Waals surface area contributed by atoms with Gasteiger partial charge in [-0.3, -0.25) is 19.1 Å². The third-order valence-corrected chi connectivity index (χ3v) is 5.00. The molecule has 0 bridgehead atoms. The van der Waals surface area contributed by atoms with Gasteiger partial charge in [-0.2, -0.15) is 23.5 Å². The molecule has 0 saturated carbocycles. The molecule has 1 aromatic heterocycles. The monoisotopic (exact) mass is 484 g/mol. The van der Waals surface area contributed by atoms with E-state index in [1.54, 1.807) is 6.07 Å². The summed E-state index contributed by atoms with van der Waals surface area (Å²) >= 11 is 0. The molecular weight excluding hydrogens is 467 g/mol. The van der Waals surface area contributed by atoms with Gasteiger partial charge in [0.15, 0.2) is 5.69 Å². The zero-order chi connectivity index (χ0) is 25.3. The first kappa shape index (κ1) is 24.6. The van der Waals surface area contributed by atoms with Gasteiger partial charge in [-0.1, -0.05) is 12.1 Å². The van der Waals surface area contributed by atoms with Gasteiger partial charge in [0.25, 0.3) is 11.8 Å². The topological polar surface area (TPSA) is 134 Å². The highest BCUT2D eigenvalue weighted by Crippen LogP contribution is 2.32. The first-order chi connectivity index (χ1) is 15.8. The lowest BCUT2D eigenvalue weighted by Crippen LogP contribution is -2.43. The van der Waals surface area contributed by atoms with Crippen molar-refractivity contribution in [3.05, 3.63) is 52.8 Å². The second kappa shape index (κ2) is 9.08. The van der Waals surface area contributed by atoms with Gasteiger partial charge < -0.3 is 16.0 Å². The highest BCUT2D eigenvalue weighted by atomic mass is 19.4. The van der Waals surface area contributed by atoms with E-state index in [0.717, 1.165) is 10.9 Å². The molecule has 1 atom stereocenters. The van der Waals surface area contributed by atoms with Crippen molar-refractivity contribution in [2.45, 2.75) is 31.1 Å². The highest BCUT2D eigenvalue weighted by Gasteiger charge is 2.47. The summed E-state index contributed by atoms with van der Waals surface area (Å²) in [6, 6.07) is 5.80. The molecule has 3 rings (SSSR count). The predicted octanol–water partition coefficient (Wildman–Crippen LogP) is 1.54. The summed E-state index contributed by atoms with van der Waals surface area (Å²) in [4.78, 5) is 36.3. The van der Waals surface area contributed by atoms with Gasteiger partial charge in [0, 0.05) is 18.2 Å². The Bertz CT molecular complexity index is 1150. The molecule has 14 heteroatoms. The minimum absolute atomic E-state index is 0.180. The first-order valence-corrected chi connectivity index (χ1v) is 9.69. The van der Waals surface area contributed by atoms with E-state index in [9.17, 15) is 36.3 Å². The van der Waals surface area contributed by atoms with Crippen molar-refractivity contribution in [3.8, 4) is 6.07 Å². The smallest absolute Gasteiger partial charge is 0.366 e. The van der Waals surface area contributed by atoms with E-state index >= 15 is 0 Å². The Morgan fingerprint density at radius 3 is 2.44 bits per heavy atom. The maximum absolute atomic E-state index is 13.5. The number of halogens is 5. The molecule has 1 aliphatic rings. The fourth-order valence-electron chi connectivity index (χ4n) is 3.39. The van der Waals surface area contributed by atoms with Crippen molar-refractivity contribution >= 4 is 17.7 Å². The van der Waals surface area contributed by atoms with E-state index in [1.165, 1.54) is 24.3 Å². The number of hydrogen-bond acceptors (Lipinski definition) is 5. The Balaban J connectivity index is 1.74. The summed E-state index contributed by atoms with van der Waals surface area (Å²) in [5, 5.41) is 14.3. The van der Waals surface area contributed by atoms with Crippen molar-refractivity contribution < 1.29 is 36.3 Å². The van der Waals surface area contributed by atoms with Crippen molar-refractivity contribution in [2.24, 2.45) is 5.73 Å². The van der Waals surface area contributed by atoms with Crippen LogP contribution in [-0.4, -0.2) is 57.5 Å². The second-order valence-corrected chi connectivity index (χ2v) is 7.56. The van der Waals surface area contributed by atoms with Crippen molar-refractivity contribution in [1.29, 1.82) is 5.26 Å². The molecule has 180 valence electrons. The lowest BCUT2D eigenvalue weighted by Gasteiger charge is -2.19. The number of carbonyl (C=O) groups is 3. The number of hydrogen-bond donors (Lipinski definition) is 2. The maximum Gasteiger partial charge on any atom is 0.435 e. The fraction of sp³-hybridized carbons (Fsp3) is 0.350. The van der Waals surface area contributed by atoms with Gasteiger partial charge >= 0.3 is 6.18 Å². The number of nitriles is 1. The lowest BCUT2D eigenvalue weighted by atomic mass is 10.1. The van der Waals surface area contributed by atoms with Crippen LogP contribution in [0.25, 0.3) is 0 Å². The molecule has 3 amide bonds. The number of rotatable bonds is 6. The number of alkyl halides is 5. The number of likely N-dealkylation sites (tertiary alicyclic amines) is 1. The van der Waals surface area contributed by atoms with E-state index in [0.29, 0.717) is 10.5 Å². The lowest BCUT2D eigenvalue weighted by molar-refractivity contribution is -0.141. The molecule has 1 fully saturated rings. The number of benzene rings is 1. The van der Waals surface area contributed by atoms with Crippen LogP contribution in [0.1, 0.15) is 38.4 Å². The average Bonchev–Trinajstić information content (AvgIpc) is 3.32. The number of carbonyl (C=O) groups excluding carboxylic acids is 3.